The lowest BCUT2D eigenvalue weighted by molar-refractivity contribution is 0.0486. The van der Waals surface area contributed by atoms with Crippen LogP contribution in [0.2, 0.25) is 0 Å². The molecular weight excluding hydrogens is 441 g/mol. The molecule has 0 radical (unpaired) electrons. The van der Waals surface area contributed by atoms with Crippen molar-refractivity contribution in [2.45, 2.75) is 23.2 Å². The van der Waals surface area contributed by atoms with Gasteiger partial charge >= 0.3 is 0 Å². The Hall–Kier alpha value is -1.88. The van der Waals surface area contributed by atoms with Crippen LogP contribution < -0.4 is 5.32 Å². The maximum atomic E-state index is 13.8. The van der Waals surface area contributed by atoms with Gasteiger partial charge in [-0.1, -0.05) is 12.1 Å². The highest BCUT2D eigenvalue weighted by molar-refractivity contribution is 7.99. The molecule has 0 aliphatic carbocycles. The number of halogens is 1. The minimum Gasteiger partial charge on any atom is -0.381 e. The summed E-state index contributed by atoms with van der Waals surface area (Å²) in [6, 6.07) is 7.83. The smallest absolute Gasteiger partial charge is 0.267 e. The molecule has 2 aliphatic rings. The number of hydrogen-bond donors (Lipinski definition) is 2. The minimum atomic E-state index is -3.62. The topological polar surface area (TPSA) is 91.5 Å². The summed E-state index contributed by atoms with van der Waals surface area (Å²) in [5.41, 5.74) is 0.587. The highest BCUT2D eigenvalue weighted by Gasteiger charge is 2.35. The van der Waals surface area contributed by atoms with Gasteiger partial charge in [0.1, 0.15) is 16.4 Å². The van der Waals surface area contributed by atoms with Crippen molar-refractivity contribution in [3.05, 3.63) is 53.6 Å². The number of carbonyl (C=O) groups is 1. The molecule has 0 bridgehead atoms. The molecule has 1 amide bonds. The van der Waals surface area contributed by atoms with Crippen molar-refractivity contribution in [1.29, 1.82) is 0 Å². The van der Waals surface area contributed by atoms with Crippen molar-refractivity contribution >= 4 is 27.7 Å². The molecule has 0 atom stereocenters. The van der Waals surface area contributed by atoms with Gasteiger partial charge in [-0.25, -0.2) is 12.8 Å². The molecule has 4 rings (SSSR count). The quantitative estimate of drug-likeness (QED) is 0.681. The molecule has 2 aliphatic heterocycles. The van der Waals surface area contributed by atoms with Crippen molar-refractivity contribution in [3.63, 3.8) is 0 Å². The third-order valence-electron chi connectivity index (χ3n) is 5.98. The summed E-state index contributed by atoms with van der Waals surface area (Å²) in [4.78, 5) is 15.7. The monoisotopic (exact) mass is 467 g/mol. The average Bonchev–Trinajstić information content (AvgIpc) is 3.30. The van der Waals surface area contributed by atoms with Gasteiger partial charge in [-0.2, -0.15) is 16.1 Å². The molecule has 2 aromatic rings. The molecule has 2 saturated heterocycles. The van der Waals surface area contributed by atoms with Gasteiger partial charge in [0.2, 0.25) is 10.0 Å². The normalized spacial score (nSPS) is 19.8. The van der Waals surface area contributed by atoms with Gasteiger partial charge in [0, 0.05) is 56.0 Å². The van der Waals surface area contributed by atoms with Gasteiger partial charge in [-0.15, -0.1) is 0 Å². The van der Waals surface area contributed by atoms with Crippen molar-refractivity contribution in [2.75, 3.05) is 44.4 Å². The Morgan fingerprint density at radius 3 is 2.68 bits per heavy atom. The molecule has 7 nitrogen and oxygen atoms in total. The third kappa shape index (κ3) is 4.82. The first-order chi connectivity index (χ1) is 14.9. The van der Waals surface area contributed by atoms with Gasteiger partial charge in [-0.05, 0) is 36.6 Å². The van der Waals surface area contributed by atoms with Gasteiger partial charge < -0.3 is 15.0 Å². The largest absolute Gasteiger partial charge is 0.381 e. The molecule has 168 valence electrons. The maximum absolute atomic E-state index is 13.8. The second-order valence-electron chi connectivity index (χ2n) is 7.85. The van der Waals surface area contributed by atoms with Crippen molar-refractivity contribution < 1.29 is 22.3 Å². The highest BCUT2D eigenvalue weighted by atomic mass is 32.2. The van der Waals surface area contributed by atoms with Crippen molar-refractivity contribution in [2.24, 2.45) is 0 Å². The van der Waals surface area contributed by atoms with Gasteiger partial charge in [-0.3, -0.25) is 4.79 Å². The predicted molar refractivity (Wildman–Crippen MR) is 117 cm³/mol. The van der Waals surface area contributed by atoms with E-state index in [2.05, 4.69) is 10.3 Å². The molecule has 1 aromatic carbocycles. The fourth-order valence-corrected chi connectivity index (χ4v) is 6.65. The van der Waals surface area contributed by atoms with Crippen LogP contribution in [0.25, 0.3) is 0 Å². The first-order valence-corrected chi connectivity index (χ1v) is 12.9. The molecule has 1 aromatic heterocycles. The summed E-state index contributed by atoms with van der Waals surface area (Å²) >= 11 is 1.73. The Bertz CT molecular complexity index is 1030. The lowest BCUT2D eigenvalue weighted by Crippen LogP contribution is -2.44. The van der Waals surface area contributed by atoms with Crippen LogP contribution in [-0.4, -0.2) is 68.0 Å². The van der Waals surface area contributed by atoms with Crippen LogP contribution in [-0.2, 0) is 20.2 Å². The number of aromatic nitrogens is 1. The Labute approximate surface area is 185 Å². The van der Waals surface area contributed by atoms with Gasteiger partial charge in [0.25, 0.3) is 5.91 Å². The van der Waals surface area contributed by atoms with E-state index in [1.807, 2.05) is 6.07 Å². The van der Waals surface area contributed by atoms with E-state index in [9.17, 15) is 17.6 Å². The first-order valence-electron chi connectivity index (χ1n) is 10.3. The summed E-state index contributed by atoms with van der Waals surface area (Å²) < 4.78 is 46.4. The van der Waals surface area contributed by atoms with Crippen LogP contribution >= 0.6 is 11.8 Å². The number of thioether (sulfide) groups is 1. The van der Waals surface area contributed by atoms with Crippen molar-refractivity contribution in [1.82, 2.24) is 14.6 Å². The zero-order valence-corrected chi connectivity index (χ0v) is 18.7. The second kappa shape index (κ2) is 9.32. The molecule has 2 N–H and O–H groups in total. The zero-order chi connectivity index (χ0) is 21.9. The number of carbonyl (C=O) groups excluding carboxylic acids is 1. The lowest BCUT2D eigenvalue weighted by Gasteiger charge is -2.38. The number of H-pyrrole nitrogens is 1. The number of sulfonamides is 1. The van der Waals surface area contributed by atoms with E-state index in [0.29, 0.717) is 45.7 Å². The summed E-state index contributed by atoms with van der Waals surface area (Å²) in [6.45, 7) is 2.32. The fourth-order valence-electron chi connectivity index (χ4n) is 4.08. The van der Waals surface area contributed by atoms with Crippen LogP contribution in [0.5, 0.6) is 0 Å². The minimum absolute atomic E-state index is 0.0930. The number of hydrogen-bond acceptors (Lipinski definition) is 5. The third-order valence-corrected chi connectivity index (χ3v) is 8.80. The van der Waals surface area contributed by atoms with E-state index in [1.165, 1.54) is 28.7 Å². The van der Waals surface area contributed by atoms with Gasteiger partial charge in [0.05, 0.1) is 0 Å². The number of benzene rings is 1. The number of nitrogens with one attached hydrogen (secondary N) is 2. The highest BCUT2D eigenvalue weighted by Crippen LogP contribution is 2.34. The molecule has 10 heteroatoms. The molecule has 0 spiro atoms. The summed E-state index contributed by atoms with van der Waals surface area (Å²) in [6.07, 6.45) is 2.69. The van der Waals surface area contributed by atoms with E-state index in [1.54, 1.807) is 17.8 Å². The van der Waals surface area contributed by atoms with Gasteiger partial charge in [0.15, 0.2) is 0 Å². The number of ether oxygens (including phenoxy) is 1. The average molecular weight is 468 g/mol. The van der Waals surface area contributed by atoms with Crippen molar-refractivity contribution in [3.8, 4) is 0 Å². The van der Waals surface area contributed by atoms with Crippen LogP contribution in [0, 0.1) is 5.82 Å². The molecular formula is C21H26FN3O4S2. The van der Waals surface area contributed by atoms with Crippen LogP contribution in [0.1, 0.15) is 28.9 Å². The summed E-state index contributed by atoms with van der Waals surface area (Å²) in [5, 5.41) is 2.91. The SMILES string of the molecule is O=C(NCC1(c2cccc(F)c2)CCOCC1)c1cc(S(=O)(=O)N2CCSCC2)c[nH]1. The Morgan fingerprint density at radius 2 is 1.97 bits per heavy atom. The molecule has 0 saturated carbocycles. The molecule has 31 heavy (non-hydrogen) atoms. The van der Waals surface area contributed by atoms with Crippen LogP contribution in [0.3, 0.4) is 0 Å². The second-order valence-corrected chi connectivity index (χ2v) is 11.0. The molecule has 3 heterocycles. The van der Waals surface area contributed by atoms with E-state index < -0.39 is 21.3 Å². The number of aromatic amines is 1. The zero-order valence-electron chi connectivity index (χ0n) is 17.1. The summed E-state index contributed by atoms with van der Waals surface area (Å²) in [7, 11) is -3.62. The Balaban J connectivity index is 1.48. The van der Waals surface area contributed by atoms with E-state index in [-0.39, 0.29) is 16.4 Å². The van der Waals surface area contributed by atoms with E-state index >= 15 is 0 Å². The summed E-state index contributed by atoms with van der Waals surface area (Å²) in [5.74, 6) is 0.828. The standard InChI is InChI=1S/C21H26FN3O4S2/c22-17-3-1-2-16(12-17)21(4-8-29-9-5-21)15-24-20(26)19-13-18(14-23-19)31(27,28)25-6-10-30-11-7-25/h1-3,12-14,23H,4-11,15H2,(H,24,26). The number of rotatable bonds is 6. The Morgan fingerprint density at radius 1 is 1.23 bits per heavy atom. The lowest BCUT2D eigenvalue weighted by atomic mass is 9.74. The fraction of sp³-hybridized carbons (Fsp3) is 0.476. The maximum Gasteiger partial charge on any atom is 0.267 e. The van der Waals surface area contributed by atoms with E-state index in [0.717, 1.165) is 17.1 Å². The molecule has 0 unspecified atom stereocenters. The van der Waals surface area contributed by atoms with Crippen LogP contribution in [0.4, 0.5) is 4.39 Å². The van der Waals surface area contributed by atoms with Crippen LogP contribution in [0.15, 0.2) is 41.4 Å². The molecule has 2 fully saturated rings. The first kappa shape index (κ1) is 22.3. The van der Waals surface area contributed by atoms with E-state index in [4.69, 9.17) is 4.74 Å². The number of nitrogens with zero attached hydrogens (tertiary/aromatic N) is 1. The Kier molecular flexibility index (Phi) is 6.71. The predicted octanol–water partition coefficient (Wildman–Crippen LogP) is 2.37. The number of amides is 1.